The second kappa shape index (κ2) is 7.03. The lowest BCUT2D eigenvalue weighted by molar-refractivity contribution is -0.149. The Morgan fingerprint density at radius 1 is 1.33 bits per heavy atom. The van der Waals surface area contributed by atoms with E-state index in [0.29, 0.717) is 24.3 Å². The van der Waals surface area contributed by atoms with E-state index in [1.807, 2.05) is 6.07 Å². The number of piperazine rings is 1. The Bertz CT molecular complexity index is 989. The minimum absolute atomic E-state index is 0.0499. The summed E-state index contributed by atoms with van der Waals surface area (Å²) in [7, 11) is 0. The summed E-state index contributed by atoms with van der Waals surface area (Å²) in [4.78, 5) is 43.3. The number of pyridine rings is 2. The van der Waals surface area contributed by atoms with Crippen LogP contribution >= 0.6 is 0 Å². The SMILES string of the molecule is CC1(C)C(=O)NCCN1C(=O)Cn1c(-c2cccnc2)ccc(C#N)c1=O. The van der Waals surface area contributed by atoms with Gasteiger partial charge in [-0.15, -0.1) is 0 Å². The van der Waals surface area contributed by atoms with Gasteiger partial charge in [0.05, 0.1) is 5.69 Å². The molecular formula is C19H19N5O3. The first-order valence-corrected chi connectivity index (χ1v) is 8.49. The van der Waals surface area contributed by atoms with Gasteiger partial charge in [0.2, 0.25) is 11.8 Å². The highest BCUT2D eigenvalue weighted by Crippen LogP contribution is 2.20. The number of aromatic nitrogens is 2. The molecule has 138 valence electrons. The average molecular weight is 365 g/mol. The summed E-state index contributed by atoms with van der Waals surface area (Å²) in [5.74, 6) is -0.607. The van der Waals surface area contributed by atoms with Gasteiger partial charge in [-0.3, -0.25) is 23.9 Å². The Morgan fingerprint density at radius 3 is 2.78 bits per heavy atom. The van der Waals surface area contributed by atoms with Gasteiger partial charge >= 0.3 is 0 Å². The molecule has 0 atom stereocenters. The van der Waals surface area contributed by atoms with Crippen molar-refractivity contribution >= 4 is 11.8 Å². The molecule has 1 N–H and O–H groups in total. The van der Waals surface area contributed by atoms with Gasteiger partial charge in [-0.1, -0.05) is 0 Å². The van der Waals surface area contributed by atoms with E-state index in [1.165, 1.54) is 15.5 Å². The second-order valence-corrected chi connectivity index (χ2v) is 6.74. The van der Waals surface area contributed by atoms with Gasteiger partial charge in [-0.05, 0) is 38.1 Å². The van der Waals surface area contributed by atoms with Gasteiger partial charge in [-0.25, -0.2) is 0 Å². The van der Waals surface area contributed by atoms with Crippen LogP contribution in [-0.4, -0.2) is 44.9 Å². The van der Waals surface area contributed by atoms with Gasteiger partial charge in [-0.2, -0.15) is 5.26 Å². The largest absolute Gasteiger partial charge is 0.352 e. The average Bonchev–Trinajstić information content (AvgIpc) is 2.66. The third kappa shape index (κ3) is 3.31. The number of rotatable bonds is 3. The normalized spacial score (nSPS) is 15.7. The van der Waals surface area contributed by atoms with Gasteiger partial charge in [0.15, 0.2) is 0 Å². The number of carbonyl (C=O) groups excluding carboxylic acids is 2. The smallest absolute Gasteiger partial charge is 0.269 e. The van der Waals surface area contributed by atoms with Gasteiger partial charge in [0.25, 0.3) is 5.56 Å². The Kier molecular flexibility index (Phi) is 4.77. The molecule has 1 aliphatic heterocycles. The van der Waals surface area contributed by atoms with E-state index in [1.54, 1.807) is 44.4 Å². The molecule has 2 aromatic heterocycles. The molecule has 0 aromatic carbocycles. The molecule has 3 heterocycles. The van der Waals surface area contributed by atoms with E-state index >= 15 is 0 Å². The number of hydrogen-bond acceptors (Lipinski definition) is 5. The zero-order valence-corrected chi connectivity index (χ0v) is 15.1. The summed E-state index contributed by atoms with van der Waals surface area (Å²) in [6, 6.07) is 8.41. The highest BCUT2D eigenvalue weighted by molar-refractivity contribution is 5.92. The van der Waals surface area contributed by atoms with Crippen LogP contribution in [0.4, 0.5) is 0 Å². The lowest BCUT2D eigenvalue weighted by atomic mass is 9.99. The third-order valence-electron chi connectivity index (χ3n) is 4.70. The molecule has 8 nitrogen and oxygen atoms in total. The molecule has 0 saturated carbocycles. The van der Waals surface area contributed by atoms with Crippen molar-refractivity contribution in [1.82, 2.24) is 19.8 Å². The summed E-state index contributed by atoms with van der Waals surface area (Å²) in [6.45, 7) is 3.77. The number of amides is 2. The summed E-state index contributed by atoms with van der Waals surface area (Å²) in [6.07, 6.45) is 3.19. The van der Waals surface area contributed by atoms with Crippen LogP contribution in [0.3, 0.4) is 0 Å². The van der Waals surface area contributed by atoms with Crippen molar-refractivity contribution in [2.24, 2.45) is 0 Å². The maximum Gasteiger partial charge on any atom is 0.269 e. The first-order valence-electron chi connectivity index (χ1n) is 8.49. The first-order chi connectivity index (χ1) is 12.9. The first kappa shape index (κ1) is 18.3. The number of nitrogens with zero attached hydrogens (tertiary/aromatic N) is 4. The molecule has 1 fully saturated rings. The molecule has 0 bridgehead atoms. The minimum atomic E-state index is -1.01. The van der Waals surface area contributed by atoms with Crippen LogP contribution < -0.4 is 10.9 Å². The molecule has 2 amide bonds. The molecule has 0 spiro atoms. The predicted molar refractivity (Wildman–Crippen MR) is 97.4 cm³/mol. The van der Waals surface area contributed by atoms with Crippen molar-refractivity contribution in [2.45, 2.75) is 25.9 Å². The fourth-order valence-corrected chi connectivity index (χ4v) is 3.14. The monoisotopic (exact) mass is 365 g/mol. The van der Waals surface area contributed by atoms with Crippen LogP contribution in [0, 0.1) is 11.3 Å². The molecule has 0 aliphatic carbocycles. The Hall–Kier alpha value is -3.47. The maximum absolute atomic E-state index is 13.0. The molecule has 2 aromatic rings. The molecule has 0 unspecified atom stereocenters. The van der Waals surface area contributed by atoms with E-state index in [4.69, 9.17) is 0 Å². The molecule has 27 heavy (non-hydrogen) atoms. The van der Waals surface area contributed by atoms with Crippen LogP contribution in [0.15, 0.2) is 41.5 Å². The van der Waals surface area contributed by atoms with Crippen LogP contribution in [-0.2, 0) is 16.1 Å². The fraction of sp³-hybridized carbons (Fsp3) is 0.316. The number of nitriles is 1. The third-order valence-corrected chi connectivity index (χ3v) is 4.70. The lowest BCUT2D eigenvalue weighted by Gasteiger charge is -2.41. The molecule has 8 heteroatoms. The Morgan fingerprint density at radius 2 is 2.11 bits per heavy atom. The molecule has 1 saturated heterocycles. The van der Waals surface area contributed by atoms with Crippen molar-refractivity contribution in [2.75, 3.05) is 13.1 Å². The minimum Gasteiger partial charge on any atom is -0.352 e. The topological polar surface area (TPSA) is 108 Å². The maximum atomic E-state index is 13.0. The summed E-state index contributed by atoms with van der Waals surface area (Å²) in [5.41, 5.74) is -0.472. The van der Waals surface area contributed by atoms with Crippen molar-refractivity contribution in [3.05, 3.63) is 52.6 Å². The quantitative estimate of drug-likeness (QED) is 0.853. The van der Waals surface area contributed by atoms with E-state index in [2.05, 4.69) is 10.3 Å². The summed E-state index contributed by atoms with van der Waals surface area (Å²) >= 11 is 0. The summed E-state index contributed by atoms with van der Waals surface area (Å²) in [5, 5.41) is 11.9. The van der Waals surface area contributed by atoms with Crippen LogP contribution in [0.1, 0.15) is 19.4 Å². The van der Waals surface area contributed by atoms with Gasteiger partial charge in [0.1, 0.15) is 23.7 Å². The van der Waals surface area contributed by atoms with Crippen molar-refractivity contribution in [3.63, 3.8) is 0 Å². The number of nitrogens with one attached hydrogen (secondary N) is 1. The van der Waals surface area contributed by atoms with E-state index in [0.717, 1.165) is 0 Å². The predicted octanol–water partition coefficient (Wildman–Crippen LogP) is 0.519. The van der Waals surface area contributed by atoms with E-state index in [9.17, 15) is 19.6 Å². The zero-order chi connectivity index (χ0) is 19.6. The number of hydrogen-bond donors (Lipinski definition) is 1. The molecule has 0 radical (unpaired) electrons. The van der Waals surface area contributed by atoms with Crippen molar-refractivity contribution in [3.8, 4) is 17.3 Å². The highest BCUT2D eigenvalue weighted by atomic mass is 16.2. The zero-order valence-electron chi connectivity index (χ0n) is 15.1. The highest BCUT2D eigenvalue weighted by Gasteiger charge is 2.40. The fourth-order valence-electron chi connectivity index (χ4n) is 3.14. The van der Waals surface area contributed by atoms with Crippen molar-refractivity contribution in [1.29, 1.82) is 5.26 Å². The second-order valence-electron chi connectivity index (χ2n) is 6.74. The van der Waals surface area contributed by atoms with Crippen molar-refractivity contribution < 1.29 is 9.59 Å². The van der Waals surface area contributed by atoms with Crippen LogP contribution in [0.25, 0.3) is 11.3 Å². The molecular weight excluding hydrogens is 346 g/mol. The standard InChI is InChI=1S/C19H19N5O3/c1-19(2)18(27)22-8-9-24(19)16(25)12-23-15(14-4-3-7-21-11-14)6-5-13(10-20)17(23)26/h3-7,11H,8-9,12H2,1-2H3,(H,22,27). The van der Waals surface area contributed by atoms with Crippen LogP contribution in [0.5, 0.6) is 0 Å². The van der Waals surface area contributed by atoms with Crippen LogP contribution in [0.2, 0.25) is 0 Å². The van der Waals surface area contributed by atoms with Gasteiger partial charge in [0, 0.05) is 31.0 Å². The summed E-state index contributed by atoms with van der Waals surface area (Å²) < 4.78 is 1.26. The van der Waals surface area contributed by atoms with E-state index in [-0.39, 0.29) is 23.9 Å². The van der Waals surface area contributed by atoms with E-state index < -0.39 is 11.1 Å². The number of carbonyl (C=O) groups is 2. The van der Waals surface area contributed by atoms with Gasteiger partial charge < -0.3 is 10.2 Å². The lowest BCUT2D eigenvalue weighted by Crippen LogP contribution is -2.64. The molecule has 1 aliphatic rings. The Balaban J connectivity index is 2.03. The Labute approximate surface area is 156 Å². The molecule has 3 rings (SSSR count).